The molecule has 1 aliphatic heterocycles. The third-order valence-electron chi connectivity index (χ3n) is 3.75. The Kier molecular flexibility index (Phi) is 4.32. The largest absolute Gasteiger partial charge is 0.467 e. The maximum Gasteiger partial charge on any atom is 0.337 e. The summed E-state index contributed by atoms with van der Waals surface area (Å²) in [5, 5.41) is 0.671. The number of halogens is 1. The minimum Gasteiger partial charge on any atom is -0.467 e. The van der Waals surface area contributed by atoms with Crippen LogP contribution in [0.2, 0.25) is 5.02 Å². The Labute approximate surface area is 134 Å². The highest BCUT2D eigenvalue weighted by molar-refractivity contribution is 6.30. The van der Waals surface area contributed by atoms with Crippen LogP contribution in [0.1, 0.15) is 11.6 Å². The van der Waals surface area contributed by atoms with Gasteiger partial charge in [-0.15, -0.1) is 0 Å². The highest BCUT2D eigenvalue weighted by Crippen LogP contribution is 2.36. The van der Waals surface area contributed by atoms with Crippen LogP contribution in [0.4, 0.5) is 5.69 Å². The lowest BCUT2D eigenvalue weighted by molar-refractivity contribution is -0.151. The van der Waals surface area contributed by atoms with Gasteiger partial charge in [-0.05, 0) is 29.8 Å². The molecule has 3 rings (SSSR count). The number of methoxy groups -OCH3 is 1. The molecule has 0 unspecified atom stereocenters. The van der Waals surface area contributed by atoms with Crippen molar-refractivity contribution in [1.82, 2.24) is 0 Å². The van der Waals surface area contributed by atoms with E-state index < -0.39 is 6.10 Å². The summed E-state index contributed by atoms with van der Waals surface area (Å²) in [6.45, 7) is 0.320. The van der Waals surface area contributed by atoms with Gasteiger partial charge in [0, 0.05) is 10.7 Å². The molecule has 1 fully saturated rings. The number of benzene rings is 2. The number of hydrogen-bond acceptors (Lipinski definition) is 4. The number of rotatable bonds is 3. The van der Waals surface area contributed by atoms with Crippen molar-refractivity contribution in [3.63, 3.8) is 0 Å². The highest BCUT2D eigenvalue weighted by atomic mass is 35.5. The molecule has 1 saturated heterocycles. The van der Waals surface area contributed by atoms with Gasteiger partial charge in [0.05, 0.1) is 13.2 Å². The maximum absolute atomic E-state index is 12.0. The summed E-state index contributed by atoms with van der Waals surface area (Å²) in [6.07, 6.45) is -0.650. The number of anilines is 1. The van der Waals surface area contributed by atoms with Gasteiger partial charge >= 0.3 is 5.97 Å². The van der Waals surface area contributed by atoms with Gasteiger partial charge in [0.15, 0.2) is 6.10 Å². The van der Waals surface area contributed by atoms with E-state index in [-0.39, 0.29) is 12.0 Å². The number of nitrogens with zero attached hydrogens (tertiary/aromatic N) is 1. The number of ether oxygens (including phenoxy) is 2. The van der Waals surface area contributed by atoms with Crippen molar-refractivity contribution in [3.8, 4) is 0 Å². The Morgan fingerprint density at radius 2 is 1.86 bits per heavy atom. The summed E-state index contributed by atoms with van der Waals surface area (Å²) in [4.78, 5) is 14.1. The molecule has 114 valence electrons. The average Bonchev–Trinajstić information content (AvgIpc) is 3.00. The van der Waals surface area contributed by atoms with Gasteiger partial charge in [-0.3, -0.25) is 0 Å². The highest BCUT2D eigenvalue weighted by Gasteiger charge is 2.41. The lowest BCUT2D eigenvalue weighted by Crippen LogP contribution is -2.32. The molecule has 0 aromatic heterocycles. The predicted octanol–water partition coefficient (Wildman–Crippen LogP) is 3.42. The van der Waals surface area contributed by atoms with Gasteiger partial charge in [0.1, 0.15) is 6.73 Å². The van der Waals surface area contributed by atoms with Crippen LogP contribution in [0.3, 0.4) is 0 Å². The normalized spacial score (nSPS) is 20.9. The summed E-state index contributed by atoms with van der Waals surface area (Å²) in [7, 11) is 1.37. The number of esters is 1. The molecule has 2 aromatic carbocycles. The van der Waals surface area contributed by atoms with Crippen LogP contribution in [-0.4, -0.2) is 25.9 Å². The Bertz CT molecular complexity index is 645. The lowest BCUT2D eigenvalue weighted by Gasteiger charge is -2.27. The maximum atomic E-state index is 12.0. The van der Waals surface area contributed by atoms with E-state index in [1.54, 1.807) is 0 Å². The second-order valence-corrected chi connectivity index (χ2v) is 5.48. The summed E-state index contributed by atoms with van der Waals surface area (Å²) < 4.78 is 10.6. The fourth-order valence-electron chi connectivity index (χ4n) is 2.68. The van der Waals surface area contributed by atoms with E-state index in [1.807, 2.05) is 59.5 Å². The third-order valence-corrected chi connectivity index (χ3v) is 4.00. The zero-order valence-electron chi connectivity index (χ0n) is 12.1. The van der Waals surface area contributed by atoms with E-state index in [1.165, 1.54) is 7.11 Å². The standard InChI is InChI=1S/C17H16ClNO3/c1-21-17(20)16-15(12-5-3-2-4-6-12)19(11-22-16)14-9-7-13(18)8-10-14/h2-10,15-16H,11H2,1H3/t15-,16+/m0/s1. The van der Waals surface area contributed by atoms with Crippen molar-refractivity contribution >= 4 is 23.3 Å². The van der Waals surface area contributed by atoms with E-state index in [4.69, 9.17) is 21.1 Å². The second-order valence-electron chi connectivity index (χ2n) is 5.04. The molecule has 5 heteroatoms. The number of carbonyl (C=O) groups is 1. The van der Waals surface area contributed by atoms with Gasteiger partial charge in [-0.25, -0.2) is 4.79 Å². The third kappa shape index (κ3) is 2.80. The first kappa shape index (κ1) is 14.9. The van der Waals surface area contributed by atoms with E-state index in [9.17, 15) is 4.79 Å². The topological polar surface area (TPSA) is 38.8 Å². The Balaban J connectivity index is 1.98. The second kappa shape index (κ2) is 6.38. The van der Waals surface area contributed by atoms with Crippen molar-refractivity contribution in [2.24, 2.45) is 0 Å². The number of hydrogen-bond donors (Lipinski definition) is 0. The van der Waals surface area contributed by atoms with Crippen molar-refractivity contribution in [2.45, 2.75) is 12.1 Å². The van der Waals surface area contributed by atoms with Gasteiger partial charge in [-0.1, -0.05) is 41.9 Å². The zero-order valence-corrected chi connectivity index (χ0v) is 12.9. The average molecular weight is 318 g/mol. The van der Waals surface area contributed by atoms with Crippen LogP contribution in [0.25, 0.3) is 0 Å². The predicted molar refractivity (Wildman–Crippen MR) is 84.9 cm³/mol. The minimum absolute atomic E-state index is 0.227. The molecule has 0 spiro atoms. The molecule has 0 radical (unpaired) electrons. The summed E-state index contributed by atoms with van der Waals surface area (Å²) in [5.74, 6) is -0.370. The van der Waals surface area contributed by atoms with Crippen molar-refractivity contribution < 1.29 is 14.3 Å². The fourth-order valence-corrected chi connectivity index (χ4v) is 2.81. The Morgan fingerprint density at radius 3 is 2.50 bits per heavy atom. The van der Waals surface area contributed by atoms with Crippen LogP contribution in [0, 0.1) is 0 Å². The molecule has 0 N–H and O–H groups in total. The van der Waals surface area contributed by atoms with E-state index >= 15 is 0 Å². The monoisotopic (exact) mass is 317 g/mol. The fraction of sp³-hybridized carbons (Fsp3) is 0.235. The molecule has 2 atom stereocenters. The van der Waals surface area contributed by atoms with Crippen LogP contribution in [-0.2, 0) is 14.3 Å². The van der Waals surface area contributed by atoms with Crippen LogP contribution < -0.4 is 4.90 Å². The van der Waals surface area contributed by atoms with Crippen LogP contribution in [0.5, 0.6) is 0 Å². The lowest BCUT2D eigenvalue weighted by atomic mass is 10.0. The molecule has 0 bridgehead atoms. The van der Waals surface area contributed by atoms with Gasteiger partial charge in [-0.2, -0.15) is 0 Å². The quantitative estimate of drug-likeness (QED) is 0.813. The molecule has 0 amide bonds. The number of carbonyl (C=O) groups excluding carboxylic acids is 1. The molecule has 2 aromatic rings. The smallest absolute Gasteiger partial charge is 0.337 e. The molecule has 0 saturated carbocycles. The SMILES string of the molecule is COC(=O)[C@@H]1OCN(c2ccc(Cl)cc2)[C@H]1c1ccccc1. The first-order valence-electron chi connectivity index (χ1n) is 6.97. The molecule has 4 nitrogen and oxygen atoms in total. The van der Waals surface area contributed by atoms with Gasteiger partial charge < -0.3 is 14.4 Å². The van der Waals surface area contributed by atoms with Crippen molar-refractivity contribution in [1.29, 1.82) is 0 Å². The molecule has 22 heavy (non-hydrogen) atoms. The Morgan fingerprint density at radius 1 is 1.18 bits per heavy atom. The molecular weight excluding hydrogens is 302 g/mol. The van der Waals surface area contributed by atoms with E-state index in [2.05, 4.69) is 0 Å². The molecule has 0 aliphatic carbocycles. The minimum atomic E-state index is -0.650. The first-order valence-corrected chi connectivity index (χ1v) is 7.35. The van der Waals surface area contributed by atoms with Gasteiger partial charge in [0.2, 0.25) is 0 Å². The van der Waals surface area contributed by atoms with E-state index in [0.29, 0.717) is 11.8 Å². The van der Waals surface area contributed by atoms with Crippen LogP contribution >= 0.6 is 11.6 Å². The molecule has 1 aliphatic rings. The van der Waals surface area contributed by atoms with Crippen molar-refractivity contribution in [3.05, 3.63) is 65.2 Å². The summed E-state index contributed by atoms with van der Waals surface area (Å²) in [6, 6.07) is 17.1. The first-order chi connectivity index (χ1) is 10.7. The van der Waals surface area contributed by atoms with Crippen LogP contribution in [0.15, 0.2) is 54.6 Å². The molecule has 1 heterocycles. The molecular formula is C17H16ClNO3. The Hall–Kier alpha value is -2.04. The van der Waals surface area contributed by atoms with E-state index in [0.717, 1.165) is 11.3 Å². The zero-order chi connectivity index (χ0) is 15.5. The van der Waals surface area contributed by atoms with Gasteiger partial charge in [0.25, 0.3) is 0 Å². The summed E-state index contributed by atoms with van der Waals surface area (Å²) >= 11 is 5.95. The van der Waals surface area contributed by atoms with Crippen molar-refractivity contribution in [2.75, 3.05) is 18.7 Å². The summed E-state index contributed by atoms with van der Waals surface area (Å²) in [5.41, 5.74) is 1.95.